The standard InChI is InChI=1S/C24H25NO4/c1-17(28-21-9-7-20-8-10-23(26)29-22(20)16-21)24(27)25-13-11-19(12-14-25)15-18-5-3-2-4-6-18/h2-10,16-17,19H,11-15H2,1H3/t17-/m0/s1. The lowest BCUT2D eigenvalue weighted by atomic mass is 9.90. The molecule has 3 aromatic rings. The minimum atomic E-state index is -0.589. The van der Waals surface area contributed by atoms with Gasteiger partial charge in [0.25, 0.3) is 5.91 Å². The molecule has 1 atom stereocenters. The maximum Gasteiger partial charge on any atom is 0.336 e. The lowest BCUT2D eigenvalue weighted by molar-refractivity contribution is -0.139. The SMILES string of the molecule is C[C@H](Oc1ccc2ccc(=O)oc2c1)C(=O)N1CCC(Cc2ccccc2)CC1. The molecule has 1 fully saturated rings. The first kappa shape index (κ1) is 19.2. The van der Waals surface area contributed by atoms with E-state index in [0.29, 0.717) is 17.3 Å². The van der Waals surface area contributed by atoms with Crippen molar-refractivity contribution >= 4 is 16.9 Å². The van der Waals surface area contributed by atoms with Gasteiger partial charge in [-0.05, 0) is 55.9 Å². The quantitative estimate of drug-likeness (QED) is 0.616. The summed E-state index contributed by atoms with van der Waals surface area (Å²) in [6, 6.07) is 18.9. The number of hydrogen-bond acceptors (Lipinski definition) is 4. The smallest absolute Gasteiger partial charge is 0.336 e. The van der Waals surface area contributed by atoms with E-state index in [9.17, 15) is 9.59 Å². The van der Waals surface area contributed by atoms with Crippen molar-refractivity contribution in [3.63, 3.8) is 0 Å². The van der Waals surface area contributed by atoms with Gasteiger partial charge in [0.15, 0.2) is 6.10 Å². The van der Waals surface area contributed by atoms with Crippen LogP contribution in [-0.2, 0) is 11.2 Å². The molecule has 1 amide bonds. The predicted molar refractivity (Wildman–Crippen MR) is 112 cm³/mol. The Balaban J connectivity index is 1.33. The Bertz CT molecular complexity index is 1040. The van der Waals surface area contributed by atoms with Gasteiger partial charge in [0.2, 0.25) is 0 Å². The van der Waals surface area contributed by atoms with Gasteiger partial charge in [-0.2, -0.15) is 0 Å². The Morgan fingerprint density at radius 3 is 2.59 bits per heavy atom. The summed E-state index contributed by atoms with van der Waals surface area (Å²) in [6.07, 6.45) is 2.49. The highest BCUT2D eigenvalue weighted by Crippen LogP contribution is 2.24. The highest BCUT2D eigenvalue weighted by Gasteiger charge is 2.27. The van der Waals surface area contributed by atoms with Crippen LogP contribution < -0.4 is 10.4 Å². The molecular weight excluding hydrogens is 366 g/mol. The molecular formula is C24H25NO4. The van der Waals surface area contributed by atoms with Crippen molar-refractivity contribution in [2.24, 2.45) is 5.92 Å². The molecule has 0 radical (unpaired) electrons. The average Bonchev–Trinajstić information content (AvgIpc) is 2.74. The number of likely N-dealkylation sites (tertiary alicyclic amines) is 1. The number of fused-ring (bicyclic) bond motifs is 1. The number of piperidine rings is 1. The van der Waals surface area contributed by atoms with Gasteiger partial charge in [0.1, 0.15) is 11.3 Å². The first-order valence-electron chi connectivity index (χ1n) is 10.1. The zero-order valence-corrected chi connectivity index (χ0v) is 16.5. The third-order valence-corrected chi connectivity index (χ3v) is 5.55. The maximum atomic E-state index is 12.8. The molecule has 2 aromatic carbocycles. The van der Waals surface area contributed by atoms with E-state index in [2.05, 4.69) is 24.3 Å². The van der Waals surface area contributed by atoms with Crippen LogP contribution in [0.1, 0.15) is 25.3 Å². The van der Waals surface area contributed by atoms with Gasteiger partial charge in [-0.25, -0.2) is 4.79 Å². The van der Waals surface area contributed by atoms with Crippen molar-refractivity contribution < 1.29 is 13.9 Å². The van der Waals surface area contributed by atoms with E-state index in [1.54, 1.807) is 25.1 Å². The Labute approximate surface area is 169 Å². The van der Waals surface area contributed by atoms with E-state index in [1.807, 2.05) is 17.0 Å². The fourth-order valence-electron chi connectivity index (χ4n) is 3.93. The molecule has 29 heavy (non-hydrogen) atoms. The Morgan fingerprint density at radius 1 is 1.10 bits per heavy atom. The van der Waals surface area contributed by atoms with Gasteiger partial charge < -0.3 is 14.1 Å². The molecule has 5 heteroatoms. The summed E-state index contributed by atoms with van der Waals surface area (Å²) < 4.78 is 11.0. The second-order valence-electron chi connectivity index (χ2n) is 7.67. The fraction of sp³-hybridized carbons (Fsp3) is 0.333. The van der Waals surface area contributed by atoms with Crippen molar-refractivity contribution in [3.8, 4) is 5.75 Å². The molecule has 0 aliphatic carbocycles. The lowest BCUT2D eigenvalue weighted by Crippen LogP contribution is -2.45. The molecule has 1 aromatic heterocycles. The van der Waals surface area contributed by atoms with E-state index in [0.717, 1.165) is 37.7 Å². The van der Waals surface area contributed by atoms with Crippen LogP contribution in [0, 0.1) is 5.92 Å². The van der Waals surface area contributed by atoms with Crippen molar-refractivity contribution in [2.75, 3.05) is 13.1 Å². The highest BCUT2D eigenvalue weighted by atomic mass is 16.5. The molecule has 0 spiro atoms. The zero-order chi connectivity index (χ0) is 20.2. The van der Waals surface area contributed by atoms with Crippen molar-refractivity contribution in [1.29, 1.82) is 0 Å². The Morgan fingerprint density at radius 2 is 1.83 bits per heavy atom. The summed E-state index contributed by atoms with van der Waals surface area (Å²) in [6.45, 7) is 3.29. The minimum absolute atomic E-state index is 0.00206. The molecule has 1 saturated heterocycles. The number of amides is 1. The van der Waals surface area contributed by atoms with Crippen molar-refractivity contribution in [1.82, 2.24) is 4.90 Å². The second kappa shape index (κ2) is 8.52. The zero-order valence-electron chi connectivity index (χ0n) is 16.5. The van der Waals surface area contributed by atoms with Gasteiger partial charge in [0, 0.05) is 30.6 Å². The first-order valence-corrected chi connectivity index (χ1v) is 10.1. The third-order valence-electron chi connectivity index (χ3n) is 5.55. The van der Waals surface area contributed by atoms with Crippen LogP contribution >= 0.6 is 0 Å². The number of nitrogens with zero attached hydrogens (tertiary/aromatic N) is 1. The van der Waals surface area contributed by atoms with Crippen molar-refractivity contribution in [3.05, 3.63) is 76.6 Å². The van der Waals surface area contributed by atoms with Crippen LogP contribution in [0.2, 0.25) is 0 Å². The second-order valence-corrected chi connectivity index (χ2v) is 7.67. The predicted octanol–water partition coefficient (Wildman–Crippen LogP) is 4.04. The van der Waals surface area contributed by atoms with E-state index in [1.165, 1.54) is 11.6 Å². The number of hydrogen-bond donors (Lipinski definition) is 0. The van der Waals surface area contributed by atoms with Gasteiger partial charge in [-0.1, -0.05) is 30.3 Å². The number of rotatable bonds is 5. The molecule has 0 unspecified atom stereocenters. The minimum Gasteiger partial charge on any atom is -0.481 e. The lowest BCUT2D eigenvalue weighted by Gasteiger charge is -2.33. The average molecular weight is 391 g/mol. The van der Waals surface area contributed by atoms with Crippen LogP contribution in [0.25, 0.3) is 11.0 Å². The summed E-state index contributed by atoms with van der Waals surface area (Å²) >= 11 is 0. The molecule has 150 valence electrons. The first-order chi connectivity index (χ1) is 14.1. The Kier molecular flexibility index (Phi) is 5.65. The number of benzene rings is 2. The van der Waals surface area contributed by atoms with E-state index >= 15 is 0 Å². The van der Waals surface area contributed by atoms with Gasteiger partial charge >= 0.3 is 5.63 Å². The topological polar surface area (TPSA) is 59.8 Å². The summed E-state index contributed by atoms with van der Waals surface area (Å²) in [5, 5.41) is 0.816. The van der Waals surface area contributed by atoms with Gasteiger partial charge in [-0.3, -0.25) is 4.79 Å². The molecule has 4 rings (SSSR count). The maximum absolute atomic E-state index is 12.8. The number of carbonyl (C=O) groups is 1. The molecule has 1 aliphatic rings. The normalized spacial score (nSPS) is 16.0. The van der Waals surface area contributed by atoms with E-state index < -0.39 is 11.7 Å². The number of ether oxygens (including phenoxy) is 1. The third kappa shape index (κ3) is 4.67. The molecule has 0 N–H and O–H groups in total. The molecule has 5 nitrogen and oxygen atoms in total. The van der Waals surface area contributed by atoms with Crippen LogP contribution in [0.5, 0.6) is 5.75 Å². The largest absolute Gasteiger partial charge is 0.481 e. The number of carbonyl (C=O) groups excluding carboxylic acids is 1. The van der Waals surface area contributed by atoms with Crippen LogP contribution in [-0.4, -0.2) is 30.0 Å². The van der Waals surface area contributed by atoms with E-state index in [4.69, 9.17) is 9.15 Å². The van der Waals surface area contributed by atoms with Crippen LogP contribution in [0.4, 0.5) is 0 Å². The summed E-state index contributed by atoms with van der Waals surface area (Å²) in [7, 11) is 0. The van der Waals surface area contributed by atoms with Gasteiger partial charge in [-0.15, -0.1) is 0 Å². The molecule has 0 bridgehead atoms. The van der Waals surface area contributed by atoms with E-state index in [-0.39, 0.29) is 5.91 Å². The fourth-order valence-corrected chi connectivity index (χ4v) is 3.93. The highest BCUT2D eigenvalue weighted by molar-refractivity contribution is 5.81. The van der Waals surface area contributed by atoms with Crippen molar-refractivity contribution in [2.45, 2.75) is 32.3 Å². The van der Waals surface area contributed by atoms with Crippen LogP contribution in [0.3, 0.4) is 0 Å². The Hall–Kier alpha value is -3.08. The molecule has 1 aliphatic heterocycles. The summed E-state index contributed by atoms with van der Waals surface area (Å²) in [5.41, 5.74) is 1.41. The van der Waals surface area contributed by atoms with Gasteiger partial charge in [0.05, 0.1) is 0 Å². The summed E-state index contributed by atoms with van der Waals surface area (Å²) in [4.78, 5) is 26.1. The van der Waals surface area contributed by atoms with Crippen LogP contribution in [0.15, 0.2) is 69.9 Å². The molecule has 2 heterocycles. The summed E-state index contributed by atoms with van der Waals surface area (Å²) in [5.74, 6) is 1.13. The monoisotopic (exact) mass is 391 g/mol. The molecule has 0 saturated carbocycles.